The third-order valence-electron chi connectivity index (χ3n) is 6.28. The fourth-order valence-electron chi connectivity index (χ4n) is 4.47. The molecule has 2 aromatic carbocycles. The van der Waals surface area contributed by atoms with E-state index >= 15 is 0 Å². The Morgan fingerprint density at radius 2 is 1.66 bits per heavy atom. The van der Waals surface area contributed by atoms with Crippen LogP contribution in [0.25, 0.3) is 16.9 Å². The summed E-state index contributed by atoms with van der Waals surface area (Å²) in [6.07, 6.45) is 0.570. The van der Waals surface area contributed by atoms with Crippen LogP contribution in [0.2, 0.25) is 0 Å². The SMILES string of the molecule is COc1cc2c(cc1OC)-c1c(c(C(=O)N3CCN(C)CC3)nn1-c1ccc(F)cc1)C2. The second kappa shape index (κ2) is 7.94. The highest BCUT2D eigenvalue weighted by Crippen LogP contribution is 2.45. The van der Waals surface area contributed by atoms with Gasteiger partial charge in [0.15, 0.2) is 17.2 Å². The van der Waals surface area contributed by atoms with Crippen molar-refractivity contribution in [1.29, 1.82) is 0 Å². The minimum Gasteiger partial charge on any atom is -0.493 e. The number of aromatic nitrogens is 2. The number of likely N-dealkylation sites (N-methyl/N-ethyl adjacent to an activating group) is 1. The molecule has 8 heteroatoms. The van der Waals surface area contributed by atoms with Crippen molar-refractivity contribution in [2.45, 2.75) is 6.42 Å². The van der Waals surface area contributed by atoms with Gasteiger partial charge < -0.3 is 19.3 Å². The molecule has 1 aliphatic carbocycles. The van der Waals surface area contributed by atoms with Crippen LogP contribution in [-0.4, -0.2) is 72.9 Å². The van der Waals surface area contributed by atoms with Gasteiger partial charge in [-0.05, 0) is 49.0 Å². The molecule has 1 fully saturated rings. The zero-order chi connectivity index (χ0) is 22.4. The molecule has 1 amide bonds. The van der Waals surface area contributed by atoms with Gasteiger partial charge in [0.05, 0.1) is 25.6 Å². The lowest BCUT2D eigenvalue weighted by atomic mass is 10.1. The first-order valence-corrected chi connectivity index (χ1v) is 10.6. The summed E-state index contributed by atoms with van der Waals surface area (Å²) in [6.45, 7) is 3.01. The quantitative estimate of drug-likeness (QED) is 0.492. The van der Waals surface area contributed by atoms with Gasteiger partial charge in [-0.15, -0.1) is 0 Å². The molecule has 1 aliphatic heterocycles. The molecular formula is C24H25FN4O3. The van der Waals surface area contributed by atoms with Crippen molar-refractivity contribution in [3.8, 4) is 28.4 Å². The van der Waals surface area contributed by atoms with Crippen LogP contribution in [-0.2, 0) is 6.42 Å². The molecule has 2 heterocycles. The number of piperazine rings is 1. The van der Waals surface area contributed by atoms with E-state index in [1.54, 1.807) is 31.0 Å². The molecule has 2 aliphatic rings. The van der Waals surface area contributed by atoms with Gasteiger partial charge in [-0.25, -0.2) is 9.07 Å². The van der Waals surface area contributed by atoms with Crippen LogP contribution in [0.3, 0.4) is 0 Å². The van der Waals surface area contributed by atoms with Gasteiger partial charge in [0, 0.05) is 43.7 Å². The van der Waals surface area contributed by atoms with Crippen LogP contribution in [0.1, 0.15) is 21.6 Å². The van der Waals surface area contributed by atoms with E-state index in [1.807, 2.05) is 17.0 Å². The lowest BCUT2D eigenvalue weighted by Crippen LogP contribution is -2.47. The van der Waals surface area contributed by atoms with Crippen molar-refractivity contribution in [1.82, 2.24) is 19.6 Å². The Balaban J connectivity index is 1.65. The number of rotatable bonds is 4. The van der Waals surface area contributed by atoms with Crippen molar-refractivity contribution in [2.24, 2.45) is 0 Å². The highest BCUT2D eigenvalue weighted by molar-refractivity contribution is 5.97. The van der Waals surface area contributed by atoms with Crippen LogP contribution in [0.4, 0.5) is 4.39 Å². The number of fused-ring (bicyclic) bond motifs is 3. The molecule has 5 rings (SSSR count). The number of ether oxygens (including phenoxy) is 2. The van der Waals surface area contributed by atoms with Gasteiger partial charge in [-0.1, -0.05) is 0 Å². The molecule has 7 nitrogen and oxygen atoms in total. The Hall–Kier alpha value is -3.39. The van der Waals surface area contributed by atoms with Crippen molar-refractivity contribution in [3.05, 3.63) is 59.0 Å². The molecule has 3 aromatic rings. The summed E-state index contributed by atoms with van der Waals surface area (Å²) in [4.78, 5) is 17.6. The fourth-order valence-corrected chi connectivity index (χ4v) is 4.47. The van der Waals surface area contributed by atoms with E-state index in [-0.39, 0.29) is 11.7 Å². The number of amides is 1. The van der Waals surface area contributed by atoms with E-state index in [2.05, 4.69) is 11.9 Å². The van der Waals surface area contributed by atoms with E-state index in [1.165, 1.54) is 12.1 Å². The average molecular weight is 436 g/mol. The molecule has 1 saturated heterocycles. The highest BCUT2D eigenvalue weighted by Gasteiger charge is 2.34. The third-order valence-corrected chi connectivity index (χ3v) is 6.28. The molecular weight excluding hydrogens is 411 g/mol. The number of methoxy groups -OCH3 is 2. The zero-order valence-corrected chi connectivity index (χ0v) is 18.4. The maximum atomic E-state index is 13.6. The minimum atomic E-state index is -0.321. The smallest absolute Gasteiger partial charge is 0.274 e. The lowest BCUT2D eigenvalue weighted by molar-refractivity contribution is 0.0657. The summed E-state index contributed by atoms with van der Waals surface area (Å²) in [7, 11) is 5.26. The van der Waals surface area contributed by atoms with Crippen LogP contribution < -0.4 is 9.47 Å². The van der Waals surface area contributed by atoms with Gasteiger partial charge in [0.1, 0.15) is 5.82 Å². The number of benzene rings is 2. The molecule has 0 atom stereocenters. The highest BCUT2D eigenvalue weighted by atomic mass is 19.1. The van der Waals surface area contributed by atoms with E-state index in [4.69, 9.17) is 14.6 Å². The van der Waals surface area contributed by atoms with E-state index in [0.29, 0.717) is 42.4 Å². The van der Waals surface area contributed by atoms with Crippen LogP contribution in [0, 0.1) is 5.82 Å². The lowest BCUT2D eigenvalue weighted by Gasteiger charge is -2.32. The van der Waals surface area contributed by atoms with Crippen molar-refractivity contribution >= 4 is 5.91 Å². The number of carbonyl (C=O) groups excluding carboxylic acids is 1. The van der Waals surface area contributed by atoms with Gasteiger partial charge in [-0.2, -0.15) is 5.10 Å². The summed E-state index contributed by atoms with van der Waals surface area (Å²) in [5.74, 6) is 0.864. The van der Waals surface area contributed by atoms with Gasteiger partial charge in [0.25, 0.3) is 5.91 Å². The molecule has 166 valence electrons. The van der Waals surface area contributed by atoms with E-state index in [0.717, 1.165) is 35.5 Å². The first-order chi connectivity index (χ1) is 15.5. The number of halogens is 1. The summed E-state index contributed by atoms with van der Waals surface area (Å²) in [6, 6.07) is 10.0. The Morgan fingerprint density at radius 3 is 2.31 bits per heavy atom. The predicted molar refractivity (Wildman–Crippen MR) is 118 cm³/mol. The van der Waals surface area contributed by atoms with E-state index in [9.17, 15) is 9.18 Å². The van der Waals surface area contributed by atoms with E-state index < -0.39 is 0 Å². The van der Waals surface area contributed by atoms with Crippen LogP contribution >= 0.6 is 0 Å². The Bertz CT molecular complexity index is 1180. The van der Waals surface area contributed by atoms with Crippen molar-refractivity contribution in [3.63, 3.8) is 0 Å². The average Bonchev–Trinajstić information content (AvgIpc) is 3.35. The summed E-state index contributed by atoms with van der Waals surface area (Å²) in [5, 5.41) is 4.74. The molecule has 0 N–H and O–H groups in total. The largest absolute Gasteiger partial charge is 0.493 e. The van der Waals surface area contributed by atoms with Gasteiger partial charge in [0.2, 0.25) is 0 Å². The first-order valence-electron chi connectivity index (χ1n) is 10.6. The van der Waals surface area contributed by atoms with Crippen LogP contribution in [0.15, 0.2) is 36.4 Å². The summed E-state index contributed by atoms with van der Waals surface area (Å²) >= 11 is 0. The normalized spacial score (nSPS) is 15.4. The molecule has 32 heavy (non-hydrogen) atoms. The van der Waals surface area contributed by atoms with Crippen molar-refractivity contribution < 1.29 is 18.7 Å². The summed E-state index contributed by atoms with van der Waals surface area (Å²) < 4.78 is 26.3. The molecule has 1 aromatic heterocycles. The molecule has 0 saturated carbocycles. The summed E-state index contributed by atoms with van der Waals surface area (Å²) in [5.41, 5.74) is 4.84. The molecule has 0 bridgehead atoms. The fraction of sp³-hybridized carbons (Fsp3) is 0.333. The van der Waals surface area contributed by atoms with Crippen molar-refractivity contribution in [2.75, 3.05) is 47.4 Å². The monoisotopic (exact) mass is 436 g/mol. The number of hydrogen-bond acceptors (Lipinski definition) is 5. The number of carbonyl (C=O) groups is 1. The first kappa shape index (κ1) is 20.5. The van der Waals surface area contributed by atoms with Gasteiger partial charge >= 0.3 is 0 Å². The number of hydrogen-bond donors (Lipinski definition) is 0. The predicted octanol–water partition coefficient (Wildman–Crippen LogP) is 2.99. The standard InChI is InChI=1S/C24H25FN4O3/c1-27-8-10-28(11-9-27)24(30)22-19-12-15-13-20(31-2)21(32-3)14-18(15)23(19)29(26-22)17-6-4-16(25)5-7-17/h4-7,13-14H,8-12H2,1-3H3. The molecule has 0 radical (unpaired) electrons. The maximum Gasteiger partial charge on any atom is 0.274 e. The topological polar surface area (TPSA) is 59.8 Å². The molecule has 0 unspecified atom stereocenters. The Morgan fingerprint density at radius 1 is 1.00 bits per heavy atom. The Labute approximate surface area is 185 Å². The third kappa shape index (κ3) is 3.31. The van der Waals surface area contributed by atoms with Crippen LogP contribution in [0.5, 0.6) is 11.5 Å². The van der Waals surface area contributed by atoms with Gasteiger partial charge in [-0.3, -0.25) is 4.79 Å². The second-order valence-corrected chi connectivity index (χ2v) is 8.20. The number of nitrogens with zero attached hydrogens (tertiary/aromatic N) is 4. The minimum absolute atomic E-state index is 0.0676. The maximum absolute atomic E-state index is 13.6. The second-order valence-electron chi connectivity index (χ2n) is 8.20. The Kier molecular flexibility index (Phi) is 5.09. The zero-order valence-electron chi connectivity index (χ0n) is 18.4. The molecule has 0 spiro atoms.